The zero-order valence-corrected chi connectivity index (χ0v) is 37.0. The maximum atomic E-state index is 6.99. The second-order valence-corrected chi connectivity index (χ2v) is 17.5. The summed E-state index contributed by atoms with van der Waals surface area (Å²) in [5, 5.41) is 6.34. The first kappa shape index (κ1) is 38.8. The number of benzene rings is 10. The van der Waals surface area contributed by atoms with Crippen LogP contribution in [-0.4, -0.2) is 19.5 Å². The van der Waals surface area contributed by atoms with Crippen molar-refractivity contribution < 1.29 is 8.83 Å². The van der Waals surface area contributed by atoms with Gasteiger partial charge < -0.3 is 13.4 Å². The van der Waals surface area contributed by atoms with Crippen LogP contribution in [0, 0.1) is 0 Å². The standard InChI is InChI=1S/C63H38N4O2/c1-4-16-39(17-5-1)41-30-32-43(33-31-41)62-64-61(42-20-8-3-9-21-42)65-63(66-62)50-26-15-29-57-58(50)49-25-14-24-46(59(49)69-57)45-37-52-48-23-11-13-28-56(48)68-60(52)55(38-45)67-53-27-12-10-22-47(53)51-36-44(34-35-54(51)67)40-18-6-2-7-19-40/h1-38H. The molecule has 6 nitrogen and oxygen atoms in total. The van der Waals surface area contributed by atoms with E-state index in [4.69, 9.17) is 23.8 Å². The van der Waals surface area contributed by atoms with Crippen LogP contribution in [0.2, 0.25) is 0 Å². The largest absolute Gasteiger partial charge is 0.455 e. The average Bonchev–Trinajstić information content (AvgIpc) is 4.11. The van der Waals surface area contributed by atoms with E-state index in [1.807, 2.05) is 60.7 Å². The van der Waals surface area contributed by atoms with Crippen molar-refractivity contribution in [2.24, 2.45) is 0 Å². The number of furan rings is 2. The lowest BCUT2D eigenvalue weighted by Crippen LogP contribution is -2.00. The Labute approximate surface area is 396 Å². The van der Waals surface area contributed by atoms with E-state index in [9.17, 15) is 0 Å². The monoisotopic (exact) mass is 882 g/mol. The molecule has 0 saturated heterocycles. The zero-order chi connectivity index (χ0) is 45.4. The van der Waals surface area contributed by atoms with Gasteiger partial charge in [0.2, 0.25) is 0 Å². The summed E-state index contributed by atoms with van der Waals surface area (Å²) >= 11 is 0. The molecule has 10 aromatic carbocycles. The van der Waals surface area contributed by atoms with E-state index < -0.39 is 0 Å². The molecule has 0 spiro atoms. The van der Waals surface area contributed by atoms with E-state index in [0.29, 0.717) is 17.5 Å². The van der Waals surface area contributed by atoms with Crippen LogP contribution in [-0.2, 0) is 0 Å². The molecule has 6 heteroatoms. The number of para-hydroxylation sites is 3. The molecule has 0 fully saturated rings. The third kappa shape index (κ3) is 6.38. The molecule has 14 rings (SSSR count). The zero-order valence-electron chi connectivity index (χ0n) is 37.0. The molecule has 0 N–H and O–H groups in total. The van der Waals surface area contributed by atoms with Crippen LogP contribution in [0.25, 0.3) is 139 Å². The third-order valence-corrected chi connectivity index (χ3v) is 13.5. The van der Waals surface area contributed by atoms with Crippen molar-refractivity contribution in [2.45, 2.75) is 0 Å². The summed E-state index contributed by atoms with van der Waals surface area (Å²) in [5.41, 5.74) is 15.6. The molecule has 0 unspecified atom stereocenters. The lowest BCUT2D eigenvalue weighted by molar-refractivity contribution is 0.666. The van der Waals surface area contributed by atoms with E-state index >= 15 is 0 Å². The fraction of sp³-hybridized carbons (Fsp3) is 0. The highest BCUT2D eigenvalue weighted by molar-refractivity contribution is 6.17. The van der Waals surface area contributed by atoms with Crippen LogP contribution in [0.3, 0.4) is 0 Å². The SMILES string of the molecule is c1ccc(-c2ccc(-c3nc(-c4ccccc4)nc(-c4cccc5oc6c(-c7cc(-n8c9ccccc9c9cc(-c%10ccccc%10)ccc98)c8oc9ccccc9c8c7)cccc6c45)n3)cc2)cc1. The Balaban J connectivity index is 0.969. The second kappa shape index (κ2) is 15.6. The van der Waals surface area contributed by atoms with Crippen molar-refractivity contribution in [1.82, 2.24) is 19.5 Å². The molecular weight excluding hydrogens is 845 g/mol. The molecule has 14 aromatic rings. The summed E-state index contributed by atoms with van der Waals surface area (Å²) in [5.74, 6) is 1.77. The van der Waals surface area contributed by atoms with Gasteiger partial charge in [-0.2, -0.15) is 0 Å². The first-order chi connectivity index (χ1) is 34.2. The van der Waals surface area contributed by atoms with Crippen LogP contribution in [0.5, 0.6) is 0 Å². The molecule has 322 valence electrons. The predicted molar refractivity (Wildman–Crippen MR) is 281 cm³/mol. The maximum absolute atomic E-state index is 6.99. The molecule has 4 aromatic heterocycles. The van der Waals surface area contributed by atoms with Gasteiger partial charge in [-0.1, -0.05) is 188 Å². The molecular formula is C63H38N4O2. The van der Waals surface area contributed by atoms with E-state index in [1.165, 1.54) is 21.9 Å². The minimum Gasteiger partial charge on any atom is -0.455 e. The topological polar surface area (TPSA) is 69.9 Å². The number of nitrogens with zero attached hydrogens (tertiary/aromatic N) is 4. The quantitative estimate of drug-likeness (QED) is 0.159. The van der Waals surface area contributed by atoms with E-state index in [2.05, 4.69) is 174 Å². The molecule has 0 amide bonds. The van der Waals surface area contributed by atoms with Crippen LogP contribution in [0.15, 0.2) is 239 Å². The normalized spacial score (nSPS) is 11.8. The van der Waals surface area contributed by atoms with Crippen molar-refractivity contribution in [3.05, 3.63) is 231 Å². The molecule has 0 aliphatic carbocycles. The molecule has 4 heterocycles. The lowest BCUT2D eigenvalue weighted by atomic mass is 9.98. The molecule has 0 aliphatic rings. The Morgan fingerprint density at radius 1 is 0.290 bits per heavy atom. The van der Waals surface area contributed by atoms with Gasteiger partial charge in [-0.15, -0.1) is 0 Å². The second-order valence-electron chi connectivity index (χ2n) is 17.5. The maximum Gasteiger partial charge on any atom is 0.164 e. The molecule has 69 heavy (non-hydrogen) atoms. The summed E-state index contributed by atoms with van der Waals surface area (Å²) in [6, 6.07) is 80.3. The van der Waals surface area contributed by atoms with Gasteiger partial charge in [0.05, 0.1) is 16.7 Å². The molecule has 0 atom stereocenters. The van der Waals surface area contributed by atoms with Crippen molar-refractivity contribution in [3.8, 4) is 73.2 Å². The van der Waals surface area contributed by atoms with Gasteiger partial charge in [0.25, 0.3) is 0 Å². The highest BCUT2D eigenvalue weighted by atomic mass is 16.3. The highest BCUT2D eigenvalue weighted by Crippen LogP contribution is 2.45. The molecule has 0 aliphatic heterocycles. The Morgan fingerprint density at radius 2 is 0.797 bits per heavy atom. The minimum absolute atomic E-state index is 0.569. The number of fused-ring (bicyclic) bond motifs is 9. The van der Waals surface area contributed by atoms with E-state index in [0.717, 1.165) is 99.5 Å². The van der Waals surface area contributed by atoms with Crippen molar-refractivity contribution in [2.75, 3.05) is 0 Å². The van der Waals surface area contributed by atoms with Crippen molar-refractivity contribution in [1.29, 1.82) is 0 Å². The van der Waals surface area contributed by atoms with Crippen LogP contribution in [0.4, 0.5) is 0 Å². The Morgan fingerprint density at radius 3 is 1.57 bits per heavy atom. The van der Waals surface area contributed by atoms with Gasteiger partial charge >= 0.3 is 0 Å². The fourth-order valence-corrected chi connectivity index (χ4v) is 10.2. The molecule has 0 saturated carbocycles. The fourth-order valence-electron chi connectivity index (χ4n) is 10.2. The van der Waals surface area contributed by atoms with Crippen molar-refractivity contribution >= 4 is 65.7 Å². The number of rotatable bonds is 7. The van der Waals surface area contributed by atoms with Crippen LogP contribution in [0.1, 0.15) is 0 Å². The van der Waals surface area contributed by atoms with E-state index in [1.54, 1.807) is 0 Å². The summed E-state index contributed by atoms with van der Waals surface area (Å²) in [4.78, 5) is 15.4. The van der Waals surface area contributed by atoms with Crippen LogP contribution < -0.4 is 0 Å². The van der Waals surface area contributed by atoms with Gasteiger partial charge in [0.15, 0.2) is 23.1 Å². The Kier molecular flexibility index (Phi) is 8.79. The Hall–Kier alpha value is -9.39. The summed E-state index contributed by atoms with van der Waals surface area (Å²) in [6.07, 6.45) is 0. The average molecular weight is 883 g/mol. The molecule has 0 radical (unpaired) electrons. The van der Waals surface area contributed by atoms with Gasteiger partial charge in [-0.05, 0) is 70.3 Å². The van der Waals surface area contributed by atoms with Gasteiger partial charge in [0, 0.05) is 54.6 Å². The first-order valence-electron chi connectivity index (χ1n) is 23.2. The summed E-state index contributed by atoms with van der Waals surface area (Å²) < 4.78 is 16.2. The summed E-state index contributed by atoms with van der Waals surface area (Å²) in [7, 11) is 0. The highest BCUT2D eigenvalue weighted by Gasteiger charge is 2.23. The number of hydrogen-bond acceptors (Lipinski definition) is 5. The van der Waals surface area contributed by atoms with Gasteiger partial charge in [-0.25, -0.2) is 15.0 Å². The van der Waals surface area contributed by atoms with Crippen LogP contribution >= 0.6 is 0 Å². The predicted octanol–water partition coefficient (Wildman–Crippen LogP) is 16.8. The molecule has 0 bridgehead atoms. The van der Waals surface area contributed by atoms with Crippen molar-refractivity contribution in [3.63, 3.8) is 0 Å². The Bertz CT molecular complexity index is 4290. The third-order valence-electron chi connectivity index (χ3n) is 13.5. The van der Waals surface area contributed by atoms with Gasteiger partial charge in [-0.3, -0.25) is 0 Å². The lowest BCUT2D eigenvalue weighted by Gasteiger charge is -2.12. The number of hydrogen-bond donors (Lipinski definition) is 0. The first-order valence-corrected chi connectivity index (χ1v) is 23.2. The number of aromatic nitrogens is 4. The minimum atomic E-state index is 0.569. The van der Waals surface area contributed by atoms with Gasteiger partial charge in [0.1, 0.15) is 16.7 Å². The van der Waals surface area contributed by atoms with E-state index in [-0.39, 0.29) is 0 Å². The smallest absolute Gasteiger partial charge is 0.164 e. The summed E-state index contributed by atoms with van der Waals surface area (Å²) in [6.45, 7) is 0.